The normalized spacial score (nSPS) is 9.76. The summed E-state index contributed by atoms with van der Waals surface area (Å²) in [7, 11) is 1.56. The molecule has 1 amide bonds. The van der Waals surface area contributed by atoms with Gasteiger partial charge in [-0.3, -0.25) is 9.78 Å². The van der Waals surface area contributed by atoms with Gasteiger partial charge in [0.1, 0.15) is 5.75 Å². The van der Waals surface area contributed by atoms with Crippen LogP contribution in [0.15, 0.2) is 42.9 Å². The summed E-state index contributed by atoms with van der Waals surface area (Å²) < 4.78 is 9.84. The SMILES string of the molecule is COc1ccc(NC(=O)COC(=O)c2cnccn2)cc1. The van der Waals surface area contributed by atoms with Gasteiger partial charge < -0.3 is 14.8 Å². The number of nitrogens with zero attached hydrogens (tertiary/aromatic N) is 2. The van der Waals surface area contributed by atoms with Gasteiger partial charge in [-0.1, -0.05) is 0 Å². The molecule has 0 fully saturated rings. The number of carbonyl (C=O) groups excluding carboxylic acids is 2. The molecule has 0 saturated carbocycles. The number of aromatic nitrogens is 2. The summed E-state index contributed by atoms with van der Waals surface area (Å²) in [5.74, 6) is -0.465. The zero-order valence-electron chi connectivity index (χ0n) is 11.3. The first-order valence-electron chi connectivity index (χ1n) is 6.06. The molecule has 7 heteroatoms. The number of ether oxygens (including phenoxy) is 2. The Morgan fingerprint density at radius 1 is 1.19 bits per heavy atom. The number of benzene rings is 1. The van der Waals surface area contributed by atoms with Crippen LogP contribution in [-0.4, -0.2) is 35.6 Å². The van der Waals surface area contributed by atoms with Gasteiger partial charge >= 0.3 is 5.97 Å². The highest BCUT2D eigenvalue weighted by atomic mass is 16.5. The molecule has 1 N–H and O–H groups in total. The topological polar surface area (TPSA) is 90.4 Å². The van der Waals surface area contributed by atoms with Gasteiger partial charge in [0.15, 0.2) is 12.3 Å². The quantitative estimate of drug-likeness (QED) is 0.833. The molecular weight excluding hydrogens is 274 g/mol. The largest absolute Gasteiger partial charge is 0.497 e. The van der Waals surface area contributed by atoms with Crippen LogP contribution < -0.4 is 10.1 Å². The molecule has 0 saturated heterocycles. The minimum Gasteiger partial charge on any atom is -0.497 e. The Balaban J connectivity index is 1.83. The average Bonchev–Trinajstić information content (AvgIpc) is 2.54. The van der Waals surface area contributed by atoms with Gasteiger partial charge in [0.05, 0.1) is 13.3 Å². The number of hydrogen-bond donors (Lipinski definition) is 1. The van der Waals surface area contributed by atoms with Crippen molar-refractivity contribution in [3.05, 3.63) is 48.5 Å². The molecule has 21 heavy (non-hydrogen) atoms. The third kappa shape index (κ3) is 4.27. The monoisotopic (exact) mass is 287 g/mol. The van der Waals surface area contributed by atoms with Crippen molar-refractivity contribution in [2.75, 3.05) is 19.0 Å². The third-order valence-corrected chi connectivity index (χ3v) is 2.48. The standard InChI is InChI=1S/C14H13N3O4/c1-20-11-4-2-10(3-5-11)17-13(18)9-21-14(19)12-8-15-6-7-16-12/h2-8H,9H2,1H3,(H,17,18). The van der Waals surface area contributed by atoms with E-state index in [0.717, 1.165) is 0 Å². The Morgan fingerprint density at radius 3 is 2.57 bits per heavy atom. The predicted molar refractivity (Wildman–Crippen MR) is 73.9 cm³/mol. The summed E-state index contributed by atoms with van der Waals surface area (Å²) in [6.07, 6.45) is 4.07. The molecule has 7 nitrogen and oxygen atoms in total. The highest BCUT2D eigenvalue weighted by molar-refractivity contribution is 5.94. The Labute approximate surface area is 120 Å². The van der Waals surface area contributed by atoms with E-state index in [9.17, 15) is 9.59 Å². The molecule has 0 unspecified atom stereocenters. The maximum absolute atomic E-state index is 11.6. The van der Waals surface area contributed by atoms with Gasteiger partial charge in [-0.2, -0.15) is 0 Å². The van der Waals surface area contributed by atoms with Crippen LogP contribution in [0.5, 0.6) is 5.75 Å². The molecule has 1 aromatic heterocycles. The Morgan fingerprint density at radius 2 is 1.95 bits per heavy atom. The molecule has 0 aliphatic heterocycles. The molecule has 0 aliphatic rings. The lowest BCUT2D eigenvalue weighted by Crippen LogP contribution is -2.21. The van der Waals surface area contributed by atoms with Gasteiger partial charge in [0.25, 0.3) is 5.91 Å². The van der Waals surface area contributed by atoms with Crippen molar-refractivity contribution in [3.63, 3.8) is 0 Å². The summed E-state index contributed by atoms with van der Waals surface area (Å²) in [4.78, 5) is 30.7. The second kappa shape index (κ2) is 6.99. The smallest absolute Gasteiger partial charge is 0.359 e. The van der Waals surface area contributed by atoms with Gasteiger partial charge in [-0.05, 0) is 24.3 Å². The number of rotatable bonds is 5. The molecule has 0 bridgehead atoms. The van der Waals surface area contributed by atoms with Crippen LogP contribution in [0.3, 0.4) is 0 Å². The molecule has 0 radical (unpaired) electrons. The Hall–Kier alpha value is -2.96. The van der Waals surface area contributed by atoms with Crippen molar-refractivity contribution in [2.24, 2.45) is 0 Å². The third-order valence-electron chi connectivity index (χ3n) is 2.48. The first-order chi connectivity index (χ1) is 10.2. The number of hydrogen-bond acceptors (Lipinski definition) is 6. The van der Waals surface area contributed by atoms with Gasteiger partial charge in [0, 0.05) is 18.1 Å². The van der Waals surface area contributed by atoms with E-state index < -0.39 is 18.5 Å². The molecule has 108 valence electrons. The number of esters is 1. The second-order valence-electron chi connectivity index (χ2n) is 3.94. The minimum absolute atomic E-state index is 0.0507. The summed E-state index contributed by atoms with van der Waals surface area (Å²) in [6.45, 7) is -0.401. The minimum atomic E-state index is -0.701. The van der Waals surface area contributed by atoms with E-state index >= 15 is 0 Å². The van der Waals surface area contributed by atoms with E-state index in [1.807, 2.05) is 0 Å². The molecular formula is C14H13N3O4. The van der Waals surface area contributed by atoms with Crippen molar-refractivity contribution in [3.8, 4) is 5.75 Å². The van der Waals surface area contributed by atoms with Gasteiger partial charge in [0.2, 0.25) is 0 Å². The lowest BCUT2D eigenvalue weighted by atomic mass is 10.3. The van der Waals surface area contributed by atoms with E-state index in [0.29, 0.717) is 11.4 Å². The fraction of sp³-hybridized carbons (Fsp3) is 0.143. The highest BCUT2D eigenvalue weighted by Crippen LogP contribution is 2.14. The number of carbonyl (C=O) groups is 2. The highest BCUT2D eigenvalue weighted by Gasteiger charge is 2.11. The van der Waals surface area contributed by atoms with Crippen LogP contribution in [-0.2, 0) is 9.53 Å². The summed E-state index contributed by atoms with van der Waals surface area (Å²) in [5, 5.41) is 2.59. The van der Waals surface area contributed by atoms with E-state index in [1.165, 1.54) is 18.6 Å². The van der Waals surface area contributed by atoms with Crippen LogP contribution in [0.2, 0.25) is 0 Å². The number of methoxy groups -OCH3 is 1. The fourth-order valence-corrected chi connectivity index (χ4v) is 1.48. The number of amides is 1. The first-order valence-corrected chi connectivity index (χ1v) is 6.06. The van der Waals surface area contributed by atoms with Crippen LogP contribution >= 0.6 is 0 Å². The van der Waals surface area contributed by atoms with Crippen LogP contribution in [0.1, 0.15) is 10.5 Å². The average molecular weight is 287 g/mol. The van der Waals surface area contributed by atoms with Crippen molar-refractivity contribution in [2.45, 2.75) is 0 Å². The molecule has 0 spiro atoms. The maximum atomic E-state index is 11.6. The van der Waals surface area contributed by atoms with E-state index in [1.54, 1.807) is 31.4 Å². The number of nitrogens with one attached hydrogen (secondary N) is 1. The van der Waals surface area contributed by atoms with Crippen LogP contribution in [0.4, 0.5) is 5.69 Å². The zero-order valence-corrected chi connectivity index (χ0v) is 11.3. The van der Waals surface area contributed by atoms with Gasteiger partial charge in [-0.25, -0.2) is 9.78 Å². The lowest BCUT2D eigenvalue weighted by molar-refractivity contribution is -0.119. The predicted octanol–water partition coefficient (Wildman–Crippen LogP) is 1.28. The molecule has 1 aromatic carbocycles. The lowest BCUT2D eigenvalue weighted by Gasteiger charge is -2.07. The Kier molecular flexibility index (Phi) is 4.81. The first kappa shape index (κ1) is 14.4. The summed E-state index contributed by atoms with van der Waals surface area (Å²) >= 11 is 0. The number of anilines is 1. The van der Waals surface area contributed by atoms with Crippen molar-refractivity contribution >= 4 is 17.6 Å². The fourth-order valence-electron chi connectivity index (χ4n) is 1.48. The molecule has 2 rings (SSSR count). The molecule has 0 aliphatic carbocycles. The second-order valence-corrected chi connectivity index (χ2v) is 3.94. The van der Waals surface area contributed by atoms with Crippen molar-refractivity contribution in [1.29, 1.82) is 0 Å². The van der Waals surface area contributed by atoms with E-state index in [2.05, 4.69) is 15.3 Å². The van der Waals surface area contributed by atoms with Crippen molar-refractivity contribution in [1.82, 2.24) is 9.97 Å². The van der Waals surface area contributed by atoms with Gasteiger partial charge in [-0.15, -0.1) is 0 Å². The zero-order chi connectivity index (χ0) is 15.1. The van der Waals surface area contributed by atoms with E-state index in [4.69, 9.17) is 9.47 Å². The maximum Gasteiger partial charge on any atom is 0.359 e. The molecule has 1 heterocycles. The molecule has 0 atom stereocenters. The van der Waals surface area contributed by atoms with E-state index in [-0.39, 0.29) is 5.69 Å². The summed E-state index contributed by atoms with van der Waals surface area (Å²) in [5.41, 5.74) is 0.631. The van der Waals surface area contributed by atoms with Crippen LogP contribution in [0, 0.1) is 0 Å². The summed E-state index contributed by atoms with van der Waals surface area (Å²) in [6, 6.07) is 6.78. The Bertz CT molecular complexity index is 614. The van der Waals surface area contributed by atoms with Crippen molar-refractivity contribution < 1.29 is 19.1 Å². The molecule has 2 aromatic rings. The van der Waals surface area contributed by atoms with Crippen LogP contribution in [0.25, 0.3) is 0 Å².